The number of nitrogen functional groups attached to an aromatic ring is 1. The van der Waals surface area contributed by atoms with E-state index in [9.17, 15) is 5.21 Å². The Morgan fingerprint density at radius 3 is 2.67 bits per heavy atom. The Morgan fingerprint density at radius 2 is 2.07 bits per heavy atom. The summed E-state index contributed by atoms with van der Waals surface area (Å²) < 4.78 is 2.68. The first kappa shape index (κ1) is 9.70. The lowest BCUT2D eigenvalue weighted by Crippen LogP contribution is -2.34. The number of aromatic nitrogens is 4. The van der Waals surface area contributed by atoms with Crippen LogP contribution in [0.1, 0.15) is 20.8 Å². The third-order valence-corrected chi connectivity index (χ3v) is 2.24. The number of nitrogens with two attached hydrogens (primary N) is 1. The van der Waals surface area contributed by atoms with Crippen molar-refractivity contribution in [2.75, 3.05) is 5.73 Å². The highest BCUT2D eigenvalue weighted by Crippen LogP contribution is 2.21. The molecule has 6 heteroatoms. The van der Waals surface area contributed by atoms with Crippen LogP contribution in [-0.4, -0.2) is 19.7 Å². The SMILES string of the molecule is CC(C)(C)n1cnc2c(N)[n+](O)cnc21. The number of hydrogen-bond acceptors (Lipinski definition) is 4. The van der Waals surface area contributed by atoms with E-state index in [-0.39, 0.29) is 11.4 Å². The van der Waals surface area contributed by atoms with Gasteiger partial charge >= 0.3 is 0 Å². The second-order valence-electron chi connectivity index (χ2n) is 4.43. The quantitative estimate of drug-likeness (QED) is 0.481. The number of imidazole rings is 1. The summed E-state index contributed by atoms with van der Waals surface area (Å²) in [5.41, 5.74) is 6.74. The second kappa shape index (κ2) is 2.82. The van der Waals surface area contributed by atoms with Gasteiger partial charge in [-0.3, -0.25) is 4.57 Å². The number of fused-ring (bicyclic) bond motifs is 1. The van der Waals surface area contributed by atoms with Gasteiger partial charge in [0, 0.05) is 5.54 Å². The van der Waals surface area contributed by atoms with Crippen LogP contribution in [0.3, 0.4) is 0 Å². The van der Waals surface area contributed by atoms with E-state index in [1.165, 1.54) is 6.33 Å². The van der Waals surface area contributed by atoms with Crippen LogP contribution in [0.5, 0.6) is 0 Å². The second-order valence-corrected chi connectivity index (χ2v) is 4.43. The van der Waals surface area contributed by atoms with Gasteiger partial charge in [0.05, 0.1) is 6.33 Å². The molecule has 0 saturated carbocycles. The van der Waals surface area contributed by atoms with Crippen molar-refractivity contribution >= 4 is 17.0 Å². The van der Waals surface area contributed by atoms with E-state index in [2.05, 4.69) is 9.97 Å². The lowest BCUT2D eigenvalue weighted by Gasteiger charge is -2.19. The molecule has 2 heterocycles. The summed E-state index contributed by atoms with van der Waals surface area (Å²) in [6.07, 6.45) is 2.94. The largest absolute Gasteiger partial charge is 0.371 e. The van der Waals surface area contributed by atoms with Gasteiger partial charge in [-0.1, -0.05) is 9.71 Å². The highest BCUT2D eigenvalue weighted by Gasteiger charge is 2.22. The van der Waals surface area contributed by atoms with E-state index in [1.54, 1.807) is 6.33 Å². The molecule has 0 fully saturated rings. The molecule has 0 aliphatic heterocycles. The van der Waals surface area contributed by atoms with Gasteiger partial charge in [-0.25, -0.2) is 4.98 Å². The van der Waals surface area contributed by atoms with E-state index in [0.717, 1.165) is 4.73 Å². The van der Waals surface area contributed by atoms with Crippen LogP contribution in [0.4, 0.5) is 5.82 Å². The van der Waals surface area contributed by atoms with Crippen LogP contribution < -0.4 is 10.5 Å². The molecule has 0 bridgehead atoms. The maximum atomic E-state index is 9.31. The molecule has 0 spiro atoms. The average Bonchev–Trinajstić information content (AvgIpc) is 2.54. The van der Waals surface area contributed by atoms with Crippen molar-refractivity contribution in [3.05, 3.63) is 12.7 Å². The minimum atomic E-state index is -0.115. The minimum absolute atomic E-state index is 0.115. The Morgan fingerprint density at radius 1 is 1.40 bits per heavy atom. The van der Waals surface area contributed by atoms with Crippen LogP contribution in [0.15, 0.2) is 12.7 Å². The van der Waals surface area contributed by atoms with E-state index < -0.39 is 0 Å². The van der Waals surface area contributed by atoms with Gasteiger partial charge in [0.1, 0.15) is 0 Å². The van der Waals surface area contributed by atoms with Gasteiger partial charge in [0.2, 0.25) is 11.2 Å². The molecule has 0 aromatic carbocycles. The molecule has 2 rings (SSSR count). The molecule has 0 aliphatic carbocycles. The van der Waals surface area contributed by atoms with E-state index in [4.69, 9.17) is 5.73 Å². The molecule has 15 heavy (non-hydrogen) atoms. The summed E-state index contributed by atoms with van der Waals surface area (Å²) in [5.74, 6) is 0.197. The van der Waals surface area contributed by atoms with Crippen LogP contribution >= 0.6 is 0 Å². The van der Waals surface area contributed by atoms with Gasteiger partial charge in [0.15, 0.2) is 0 Å². The molecule has 0 radical (unpaired) electrons. The fourth-order valence-corrected chi connectivity index (χ4v) is 1.42. The predicted octanol–water partition coefficient (Wildman–Crippen LogP) is 0.293. The zero-order chi connectivity index (χ0) is 11.2. The Labute approximate surface area is 86.9 Å². The maximum absolute atomic E-state index is 9.31. The Bertz CT molecular complexity index is 511. The highest BCUT2D eigenvalue weighted by molar-refractivity contribution is 5.79. The van der Waals surface area contributed by atoms with Crippen molar-refractivity contribution in [3.63, 3.8) is 0 Å². The fourth-order valence-electron chi connectivity index (χ4n) is 1.42. The highest BCUT2D eigenvalue weighted by atomic mass is 16.5. The minimum Gasteiger partial charge on any atom is -0.371 e. The molecule has 2 aromatic rings. The molecule has 0 saturated heterocycles. The number of rotatable bonds is 0. The summed E-state index contributed by atoms with van der Waals surface area (Å²) in [4.78, 5) is 8.24. The van der Waals surface area contributed by atoms with Crippen LogP contribution in [-0.2, 0) is 5.54 Å². The molecule has 3 N–H and O–H groups in total. The fraction of sp³-hybridized carbons (Fsp3) is 0.444. The molecule has 2 aromatic heterocycles. The lowest BCUT2D eigenvalue weighted by atomic mass is 10.1. The topological polar surface area (TPSA) is 80.8 Å². The zero-order valence-electron chi connectivity index (χ0n) is 8.97. The third-order valence-electron chi connectivity index (χ3n) is 2.24. The van der Waals surface area contributed by atoms with E-state index in [0.29, 0.717) is 11.2 Å². The zero-order valence-corrected chi connectivity index (χ0v) is 8.97. The standard InChI is InChI=1S/C9H13N5O/c1-9(2,3)13-4-11-6-7(10)14(15)5-12-8(6)13/h4-5,10,15H,1-3H3/p+1. The molecule has 0 atom stereocenters. The number of nitrogens with zero attached hydrogens (tertiary/aromatic N) is 4. The Kier molecular flexibility index (Phi) is 1.82. The van der Waals surface area contributed by atoms with Crippen molar-refractivity contribution in [1.82, 2.24) is 14.5 Å². The predicted molar refractivity (Wildman–Crippen MR) is 54.3 cm³/mol. The first-order valence-corrected chi connectivity index (χ1v) is 4.64. The maximum Gasteiger partial charge on any atom is 0.289 e. The van der Waals surface area contributed by atoms with Crippen molar-refractivity contribution in [3.8, 4) is 0 Å². The molecule has 0 aliphatic rings. The summed E-state index contributed by atoms with van der Waals surface area (Å²) in [6.45, 7) is 6.14. The molecular weight excluding hydrogens is 194 g/mol. The summed E-state index contributed by atoms with van der Waals surface area (Å²) >= 11 is 0. The van der Waals surface area contributed by atoms with Crippen molar-refractivity contribution in [2.24, 2.45) is 0 Å². The smallest absolute Gasteiger partial charge is 0.289 e. The van der Waals surface area contributed by atoms with Crippen molar-refractivity contribution < 1.29 is 9.94 Å². The molecular formula is C9H14N5O+. The van der Waals surface area contributed by atoms with Crippen molar-refractivity contribution in [1.29, 1.82) is 0 Å². The van der Waals surface area contributed by atoms with E-state index >= 15 is 0 Å². The Hall–Kier alpha value is -1.85. The van der Waals surface area contributed by atoms with E-state index in [1.807, 2.05) is 25.3 Å². The van der Waals surface area contributed by atoms with Crippen LogP contribution in [0.2, 0.25) is 0 Å². The average molecular weight is 208 g/mol. The van der Waals surface area contributed by atoms with Crippen molar-refractivity contribution in [2.45, 2.75) is 26.3 Å². The normalized spacial score (nSPS) is 12.2. The van der Waals surface area contributed by atoms with Gasteiger partial charge in [-0.2, -0.15) is 0 Å². The number of anilines is 1. The summed E-state index contributed by atoms with van der Waals surface area (Å²) in [6, 6.07) is 0. The molecule has 80 valence electrons. The lowest BCUT2D eigenvalue weighted by molar-refractivity contribution is -0.894. The summed E-state index contributed by atoms with van der Waals surface area (Å²) in [7, 11) is 0. The van der Waals surface area contributed by atoms with Gasteiger partial charge < -0.3 is 10.9 Å². The monoisotopic (exact) mass is 208 g/mol. The van der Waals surface area contributed by atoms with Crippen LogP contribution in [0.25, 0.3) is 11.2 Å². The molecule has 0 unspecified atom stereocenters. The Balaban J connectivity index is 2.78. The summed E-state index contributed by atoms with van der Waals surface area (Å²) in [5, 5.41) is 9.31. The van der Waals surface area contributed by atoms with Gasteiger partial charge in [0.25, 0.3) is 12.1 Å². The van der Waals surface area contributed by atoms with Gasteiger partial charge in [-0.05, 0) is 20.8 Å². The van der Waals surface area contributed by atoms with Crippen LogP contribution in [0, 0.1) is 0 Å². The number of hydrogen-bond donors (Lipinski definition) is 2. The first-order chi connectivity index (χ1) is 6.91. The molecule has 0 amide bonds. The molecule has 6 nitrogen and oxygen atoms in total. The first-order valence-electron chi connectivity index (χ1n) is 4.64. The third kappa shape index (κ3) is 1.38. The van der Waals surface area contributed by atoms with Gasteiger partial charge in [-0.15, -0.1) is 0 Å².